The third kappa shape index (κ3) is 2.53. The van der Waals surface area contributed by atoms with Gasteiger partial charge in [-0.2, -0.15) is 0 Å². The third-order valence-corrected chi connectivity index (χ3v) is 4.74. The quantitative estimate of drug-likeness (QED) is 0.635. The Bertz CT molecular complexity index is 558. The van der Waals surface area contributed by atoms with E-state index in [1.165, 1.54) is 28.2 Å². The number of hydrogen-bond donors (Lipinski definition) is 2. The van der Waals surface area contributed by atoms with E-state index in [0.717, 1.165) is 30.7 Å². The monoisotopic (exact) mass is 293 g/mol. The fraction of sp³-hybridized carbons (Fsp3) is 0.462. The van der Waals surface area contributed by atoms with Crippen molar-refractivity contribution in [2.24, 2.45) is 0 Å². The minimum absolute atomic E-state index is 0.129. The molecule has 2 N–H and O–H groups in total. The molecule has 0 aromatic carbocycles. The molecule has 6 nitrogen and oxygen atoms in total. The fourth-order valence-corrected chi connectivity index (χ4v) is 3.63. The van der Waals surface area contributed by atoms with E-state index in [4.69, 9.17) is 0 Å². The summed E-state index contributed by atoms with van der Waals surface area (Å²) in [4.78, 5) is 36.4. The number of amides is 4. The molecule has 1 aliphatic carbocycles. The van der Waals surface area contributed by atoms with Gasteiger partial charge in [0.2, 0.25) is 5.91 Å². The molecule has 20 heavy (non-hydrogen) atoms. The summed E-state index contributed by atoms with van der Waals surface area (Å²) in [6.45, 7) is -0.129. The second-order valence-electron chi connectivity index (χ2n) is 5.00. The van der Waals surface area contributed by atoms with Gasteiger partial charge in [-0.05, 0) is 37.3 Å². The van der Waals surface area contributed by atoms with Gasteiger partial charge in [0.05, 0.1) is 4.88 Å². The van der Waals surface area contributed by atoms with Crippen LogP contribution in [-0.4, -0.2) is 29.4 Å². The summed E-state index contributed by atoms with van der Waals surface area (Å²) in [6, 6.07) is 1.33. The highest BCUT2D eigenvalue weighted by Crippen LogP contribution is 2.28. The van der Waals surface area contributed by atoms with Crippen LogP contribution in [0.2, 0.25) is 0 Å². The third-order valence-electron chi connectivity index (χ3n) is 3.50. The van der Waals surface area contributed by atoms with E-state index >= 15 is 0 Å². The van der Waals surface area contributed by atoms with E-state index in [-0.39, 0.29) is 12.5 Å². The molecule has 4 amide bonds. The number of hydrazine groups is 1. The van der Waals surface area contributed by atoms with Crippen LogP contribution in [0.25, 0.3) is 0 Å². The molecule has 3 rings (SSSR count). The first-order chi connectivity index (χ1) is 9.63. The number of hydrogen-bond acceptors (Lipinski definition) is 4. The average molecular weight is 293 g/mol. The van der Waals surface area contributed by atoms with Crippen LogP contribution in [-0.2, 0) is 17.6 Å². The van der Waals surface area contributed by atoms with Gasteiger partial charge in [0.1, 0.15) is 6.54 Å². The van der Waals surface area contributed by atoms with Gasteiger partial charge in [-0.1, -0.05) is 6.42 Å². The van der Waals surface area contributed by atoms with Gasteiger partial charge in [0, 0.05) is 4.88 Å². The Labute approximate surface area is 120 Å². The Balaban J connectivity index is 1.71. The van der Waals surface area contributed by atoms with Crippen molar-refractivity contribution in [3.05, 3.63) is 21.4 Å². The highest BCUT2D eigenvalue weighted by atomic mass is 32.1. The number of thiophene rings is 1. The molecule has 2 heterocycles. The van der Waals surface area contributed by atoms with Crippen molar-refractivity contribution in [1.29, 1.82) is 0 Å². The number of nitrogens with zero attached hydrogens (tertiary/aromatic N) is 1. The van der Waals surface area contributed by atoms with Crippen molar-refractivity contribution < 1.29 is 14.4 Å². The van der Waals surface area contributed by atoms with Crippen molar-refractivity contribution in [1.82, 2.24) is 15.8 Å². The van der Waals surface area contributed by atoms with Crippen LogP contribution in [0.5, 0.6) is 0 Å². The topological polar surface area (TPSA) is 78.5 Å². The minimum Gasteiger partial charge on any atom is -0.275 e. The largest absolute Gasteiger partial charge is 0.343 e. The predicted molar refractivity (Wildman–Crippen MR) is 73.3 cm³/mol. The lowest BCUT2D eigenvalue weighted by Gasteiger charge is -2.13. The van der Waals surface area contributed by atoms with Crippen LogP contribution in [0, 0.1) is 0 Å². The summed E-state index contributed by atoms with van der Waals surface area (Å²) in [7, 11) is 0. The molecular formula is C13H15N3O3S. The van der Waals surface area contributed by atoms with E-state index < -0.39 is 11.9 Å². The maximum Gasteiger partial charge on any atom is 0.343 e. The molecule has 0 bridgehead atoms. The maximum atomic E-state index is 12.1. The Morgan fingerprint density at radius 2 is 2.05 bits per heavy atom. The average Bonchev–Trinajstić information content (AvgIpc) is 2.86. The Morgan fingerprint density at radius 1 is 1.25 bits per heavy atom. The molecular weight excluding hydrogens is 278 g/mol. The number of nitrogens with one attached hydrogen (secondary N) is 2. The SMILES string of the molecule is O=C1CN(NC(=O)c2cc3c(s2)CCCCC3)C(=O)N1. The van der Waals surface area contributed by atoms with Crippen LogP contribution in [0.4, 0.5) is 4.79 Å². The molecule has 106 valence electrons. The van der Waals surface area contributed by atoms with Crippen LogP contribution in [0.1, 0.15) is 39.4 Å². The molecule has 1 fully saturated rings. The Kier molecular flexibility index (Phi) is 3.43. The van der Waals surface area contributed by atoms with Gasteiger partial charge in [-0.25, -0.2) is 9.80 Å². The molecule has 0 saturated carbocycles. The summed E-state index contributed by atoms with van der Waals surface area (Å²) in [5, 5.41) is 3.13. The van der Waals surface area contributed by atoms with Crippen molar-refractivity contribution in [2.45, 2.75) is 32.1 Å². The lowest BCUT2D eigenvalue weighted by Crippen LogP contribution is -2.43. The number of aryl methyl sites for hydroxylation is 2. The molecule has 1 saturated heterocycles. The molecule has 1 aromatic rings. The van der Waals surface area contributed by atoms with Crippen molar-refractivity contribution >= 4 is 29.2 Å². The van der Waals surface area contributed by atoms with Gasteiger partial charge >= 0.3 is 6.03 Å². The zero-order valence-electron chi connectivity index (χ0n) is 10.9. The first kappa shape index (κ1) is 13.1. The number of imide groups is 1. The number of carbonyl (C=O) groups is 3. The van der Waals surface area contributed by atoms with Gasteiger partial charge in [-0.15, -0.1) is 11.3 Å². The van der Waals surface area contributed by atoms with Crippen LogP contribution in [0.15, 0.2) is 6.07 Å². The Morgan fingerprint density at radius 3 is 2.80 bits per heavy atom. The maximum absolute atomic E-state index is 12.1. The normalized spacial score (nSPS) is 18.5. The second kappa shape index (κ2) is 5.24. The summed E-state index contributed by atoms with van der Waals surface area (Å²) in [5.74, 6) is -0.731. The van der Waals surface area contributed by atoms with E-state index in [2.05, 4.69) is 10.7 Å². The standard InChI is InChI=1S/C13H15N3O3S/c17-11-7-16(13(19)14-11)15-12(18)10-6-8-4-2-1-3-5-9(8)20-10/h6H,1-5,7H2,(H,15,18)(H,14,17,19). The van der Waals surface area contributed by atoms with E-state index in [1.807, 2.05) is 6.07 Å². The lowest BCUT2D eigenvalue weighted by molar-refractivity contribution is -0.118. The molecule has 0 atom stereocenters. The summed E-state index contributed by atoms with van der Waals surface area (Å²) >= 11 is 1.49. The van der Waals surface area contributed by atoms with Gasteiger partial charge < -0.3 is 0 Å². The van der Waals surface area contributed by atoms with Crippen LogP contribution >= 0.6 is 11.3 Å². The first-order valence-electron chi connectivity index (χ1n) is 6.67. The summed E-state index contributed by atoms with van der Waals surface area (Å²) in [5.41, 5.74) is 3.72. The van der Waals surface area contributed by atoms with Crippen LogP contribution in [0.3, 0.4) is 0 Å². The fourth-order valence-electron chi connectivity index (χ4n) is 2.49. The highest BCUT2D eigenvalue weighted by molar-refractivity contribution is 7.14. The Hall–Kier alpha value is -1.89. The van der Waals surface area contributed by atoms with Gasteiger partial charge in [-0.3, -0.25) is 20.3 Å². The number of carbonyl (C=O) groups excluding carboxylic acids is 3. The zero-order valence-corrected chi connectivity index (χ0v) is 11.7. The highest BCUT2D eigenvalue weighted by Gasteiger charge is 2.29. The molecule has 1 aromatic heterocycles. The molecule has 0 unspecified atom stereocenters. The van der Waals surface area contributed by atoms with Crippen molar-refractivity contribution in [2.75, 3.05) is 6.54 Å². The van der Waals surface area contributed by atoms with Gasteiger partial charge in [0.25, 0.3) is 5.91 Å². The lowest BCUT2D eigenvalue weighted by atomic mass is 10.1. The van der Waals surface area contributed by atoms with Crippen LogP contribution < -0.4 is 10.7 Å². The zero-order chi connectivity index (χ0) is 14.1. The number of rotatable bonds is 2. The van der Waals surface area contributed by atoms with Gasteiger partial charge in [0.15, 0.2) is 0 Å². The molecule has 7 heteroatoms. The molecule has 2 aliphatic rings. The van der Waals surface area contributed by atoms with E-state index in [9.17, 15) is 14.4 Å². The molecule has 0 spiro atoms. The summed E-state index contributed by atoms with van der Waals surface area (Å²) < 4.78 is 0. The number of urea groups is 1. The van der Waals surface area contributed by atoms with Crippen molar-refractivity contribution in [3.63, 3.8) is 0 Å². The minimum atomic E-state index is -0.582. The second-order valence-corrected chi connectivity index (χ2v) is 6.14. The molecule has 1 aliphatic heterocycles. The van der Waals surface area contributed by atoms with E-state index in [1.54, 1.807) is 0 Å². The van der Waals surface area contributed by atoms with E-state index in [0.29, 0.717) is 4.88 Å². The first-order valence-corrected chi connectivity index (χ1v) is 7.49. The van der Waals surface area contributed by atoms with Crippen molar-refractivity contribution in [3.8, 4) is 0 Å². The number of fused-ring (bicyclic) bond motifs is 1. The molecule has 0 radical (unpaired) electrons. The predicted octanol–water partition coefficient (Wildman–Crippen LogP) is 1.21. The smallest absolute Gasteiger partial charge is 0.275 e. The summed E-state index contributed by atoms with van der Waals surface area (Å²) in [6.07, 6.45) is 5.60.